The smallest absolute Gasteiger partial charge is 0.170 e. The van der Waals surface area contributed by atoms with Crippen LogP contribution in [0.1, 0.15) is 42.9 Å². The van der Waals surface area contributed by atoms with E-state index in [0.29, 0.717) is 11.0 Å². The fourth-order valence-corrected chi connectivity index (χ4v) is 2.71. The van der Waals surface area contributed by atoms with Crippen molar-refractivity contribution in [2.75, 3.05) is 11.9 Å². The van der Waals surface area contributed by atoms with Crippen LogP contribution in [-0.4, -0.2) is 11.7 Å². The zero-order valence-corrected chi connectivity index (χ0v) is 15.0. The number of anilines is 1. The lowest BCUT2D eigenvalue weighted by Crippen LogP contribution is -2.29. The Kier molecular flexibility index (Phi) is 6.60. The Balaban J connectivity index is 1.70. The Morgan fingerprint density at radius 3 is 2.48 bits per heavy atom. The van der Waals surface area contributed by atoms with E-state index in [2.05, 4.69) is 79.9 Å². The highest BCUT2D eigenvalue weighted by atomic mass is 32.1. The van der Waals surface area contributed by atoms with E-state index >= 15 is 0 Å². The third-order valence-corrected chi connectivity index (χ3v) is 4.09. The molecule has 0 saturated carbocycles. The van der Waals surface area contributed by atoms with Crippen molar-refractivity contribution in [3.63, 3.8) is 0 Å². The second kappa shape index (κ2) is 8.68. The van der Waals surface area contributed by atoms with Crippen LogP contribution in [0.15, 0.2) is 48.5 Å². The van der Waals surface area contributed by atoms with Crippen molar-refractivity contribution in [2.24, 2.45) is 0 Å². The molecule has 2 aromatic carbocycles. The average molecular weight is 327 g/mol. The first-order valence-corrected chi connectivity index (χ1v) is 8.66. The molecule has 2 rings (SSSR count). The molecule has 2 aromatic rings. The monoisotopic (exact) mass is 326 g/mol. The highest BCUT2D eigenvalue weighted by molar-refractivity contribution is 7.80. The number of aryl methyl sites for hydroxylation is 2. The van der Waals surface area contributed by atoms with Gasteiger partial charge in [0.15, 0.2) is 5.11 Å². The van der Waals surface area contributed by atoms with Crippen molar-refractivity contribution >= 4 is 23.0 Å². The van der Waals surface area contributed by atoms with Gasteiger partial charge in [0.25, 0.3) is 0 Å². The van der Waals surface area contributed by atoms with Gasteiger partial charge in [-0.3, -0.25) is 0 Å². The molecule has 0 atom stereocenters. The maximum absolute atomic E-state index is 5.35. The van der Waals surface area contributed by atoms with Crippen molar-refractivity contribution < 1.29 is 0 Å². The molecule has 0 radical (unpaired) electrons. The molecule has 0 fully saturated rings. The Labute approximate surface area is 145 Å². The molecule has 0 aliphatic heterocycles. The number of thiocarbonyl (C=S) groups is 1. The molecule has 122 valence electrons. The lowest BCUT2D eigenvalue weighted by Gasteiger charge is -2.12. The number of benzene rings is 2. The molecule has 0 aromatic heterocycles. The SMILES string of the molecule is Cc1cccc(CCCNC(=S)Nc2ccc(C(C)C)cc2)c1. The first kappa shape index (κ1) is 17.5. The fourth-order valence-electron chi connectivity index (χ4n) is 2.49. The standard InChI is InChI=1S/C20H26N2S/c1-15(2)18-9-11-19(12-10-18)22-20(23)21-13-5-8-17-7-4-6-16(3)14-17/h4,6-7,9-12,14-15H,5,8,13H2,1-3H3,(H2,21,22,23). The van der Waals surface area contributed by atoms with Crippen molar-refractivity contribution in [3.8, 4) is 0 Å². The molecular weight excluding hydrogens is 300 g/mol. The van der Waals surface area contributed by atoms with Gasteiger partial charge < -0.3 is 10.6 Å². The quantitative estimate of drug-likeness (QED) is 0.574. The van der Waals surface area contributed by atoms with Gasteiger partial charge in [0.1, 0.15) is 0 Å². The first-order valence-electron chi connectivity index (χ1n) is 8.25. The molecule has 0 amide bonds. The molecule has 23 heavy (non-hydrogen) atoms. The summed E-state index contributed by atoms with van der Waals surface area (Å²) in [5, 5.41) is 7.20. The van der Waals surface area contributed by atoms with Gasteiger partial charge in [0, 0.05) is 12.2 Å². The Bertz CT molecular complexity index is 632. The lowest BCUT2D eigenvalue weighted by molar-refractivity contribution is 0.777. The zero-order valence-electron chi connectivity index (χ0n) is 14.2. The van der Waals surface area contributed by atoms with E-state index in [1.165, 1.54) is 16.7 Å². The largest absolute Gasteiger partial charge is 0.362 e. The summed E-state index contributed by atoms with van der Waals surface area (Å²) in [6, 6.07) is 17.1. The van der Waals surface area contributed by atoms with Gasteiger partial charge in [-0.25, -0.2) is 0 Å². The van der Waals surface area contributed by atoms with Crippen LogP contribution >= 0.6 is 12.2 Å². The zero-order chi connectivity index (χ0) is 16.7. The van der Waals surface area contributed by atoms with Crippen molar-refractivity contribution in [1.29, 1.82) is 0 Å². The molecule has 0 saturated heterocycles. The van der Waals surface area contributed by atoms with E-state index in [4.69, 9.17) is 12.2 Å². The molecule has 0 bridgehead atoms. The van der Waals surface area contributed by atoms with E-state index in [9.17, 15) is 0 Å². The maximum atomic E-state index is 5.35. The summed E-state index contributed by atoms with van der Waals surface area (Å²) in [6.07, 6.45) is 2.14. The van der Waals surface area contributed by atoms with E-state index in [-0.39, 0.29) is 0 Å². The highest BCUT2D eigenvalue weighted by Gasteiger charge is 2.01. The summed E-state index contributed by atoms with van der Waals surface area (Å²) >= 11 is 5.35. The third kappa shape index (κ3) is 6.03. The minimum atomic E-state index is 0.552. The number of hydrogen-bond donors (Lipinski definition) is 2. The van der Waals surface area contributed by atoms with Crippen LogP contribution in [-0.2, 0) is 6.42 Å². The Hall–Kier alpha value is -1.87. The molecular formula is C20H26N2S. The third-order valence-electron chi connectivity index (χ3n) is 3.85. The number of hydrogen-bond acceptors (Lipinski definition) is 1. The lowest BCUT2D eigenvalue weighted by atomic mass is 10.0. The molecule has 2 N–H and O–H groups in total. The van der Waals surface area contributed by atoms with Crippen LogP contribution in [0.3, 0.4) is 0 Å². The van der Waals surface area contributed by atoms with Crippen LogP contribution in [0.4, 0.5) is 5.69 Å². The van der Waals surface area contributed by atoms with Gasteiger partial charge in [0.05, 0.1) is 0 Å². The summed E-state index contributed by atoms with van der Waals surface area (Å²) in [6.45, 7) is 7.40. The topological polar surface area (TPSA) is 24.1 Å². The first-order chi connectivity index (χ1) is 11.0. The average Bonchev–Trinajstić information content (AvgIpc) is 2.52. The summed E-state index contributed by atoms with van der Waals surface area (Å²) in [5.41, 5.74) is 5.07. The molecule has 0 aliphatic carbocycles. The molecule has 0 aliphatic rings. The van der Waals surface area contributed by atoms with Gasteiger partial charge in [-0.1, -0.05) is 55.8 Å². The van der Waals surface area contributed by atoms with Gasteiger partial charge >= 0.3 is 0 Å². The van der Waals surface area contributed by atoms with E-state index in [0.717, 1.165) is 25.1 Å². The molecule has 0 heterocycles. The second-order valence-corrected chi connectivity index (χ2v) is 6.66. The molecule has 0 spiro atoms. The Morgan fingerprint density at radius 2 is 1.83 bits per heavy atom. The van der Waals surface area contributed by atoms with Gasteiger partial charge in [-0.15, -0.1) is 0 Å². The minimum Gasteiger partial charge on any atom is -0.362 e. The van der Waals surface area contributed by atoms with Crippen LogP contribution in [0.2, 0.25) is 0 Å². The van der Waals surface area contributed by atoms with Crippen LogP contribution in [0.25, 0.3) is 0 Å². The summed E-state index contributed by atoms with van der Waals surface area (Å²) in [7, 11) is 0. The fraction of sp³-hybridized carbons (Fsp3) is 0.350. The van der Waals surface area contributed by atoms with Gasteiger partial charge in [-0.2, -0.15) is 0 Å². The van der Waals surface area contributed by atoms with Crippen LogP contribution < -0.4 is 10.6 Å². The number of rotatable bonds is 6. The normalized spacial score (nSPS) is 10.6. The van der Waals surface area contributed by atoms with E-state index < -0.39 is 0 Å². The van der Waals surface area contributed by atoms with E-state index in [1.807, 2.05) is 0 Å². The summed E-state index contributed by atoms with van der Waals surface area (Å²) < 4.78 is 0. The molecule has 2 nitrogen and oxygen atoms in total. The second-order valence-electron chi connectivity index (χ2n) is 6.25. The summed E-state index contributed by atoms with van der Waals surface area (Å²) in [5.74, 6) is 0.552. The van der Waals surface area contributed by atoms with Crippen molar-refractivity contribution in [2.45, 2.75) is 39.5 Å². The maximum Gasteiger partial charge on any atom is 0.170 e. The van der Waals surface area contributed by atoms with Crippen LogP contribution in [0, 0.1) is 6.92 Å². The van der Waals surface area contributed by atoms with Crippen molar-refractivity contribution in [1.82, 2.24) is 5.32 Å². The highest BCUT2D eigenvalue weighted by Crippen LogP contribution is 2.17. The minimum absolute atomic E-state index is 0.552. The predicted molar refractivity (Wildman–Crippen MR) is 104 cm³/mol. The number of nitrogens with one attached hydrogen (secondary N) is 2. The van der Waals surface area contributed by atoms with Gasteiger partial charge in [-0.05, 0) is 61.2 Å². The summed E-state index contributed by atoms with van der Waals surface area (Å²) in [4.78, 5) is 0. The molecule has 0 unspecified atom stereocenters. The van der Waals surface area contributed by atoms with E-state index in [1.54, 1.807) is 0 Å². The Morgan fingerprint density at radius 1 is 1.09 bits per heavy atom. The molecule has 3 heteroatoms. The van der Waals surface area contributed by atoms with Crippen LogP contribution in [0.5, 0.6) is 0 Å². The predicted octanol–water partition coefficient (Wildman–Crippen LogP) is 5.04. The van der Waals surface area contributed by atoms with Gasteiger partial charge in [0.2, 0.25) is 0 Å². The van der Waals surface area contributed by atoms with Crippen molar-refractivity contribution in [3.05, 3.63) is 65.2 Å².